The molecule has 1 saturated heterocycles. The Kier molecular flexibility index (Phi) is 3.85. The number of aliphatic hydroxyl groups excluding tert-OH is 1. The summed E-state index contributed by atoms with van der Waals surface area (Å²) in [7, 11) is 1.94. The first kappa shape index (κ1) is 15.6. The second kappa shape index (κ2) is 5.70. The fourth-order valence-electron chi connectivity index (χ4n) is 3.25. The number of rotatable bonds is 2. The highest BCUT2D eigenvalue weighted by atomic mass is 16.3. The highest BCUT2D eigenvalue weighted by Gasteiger charge is 2.46. The van der Waals surface area contributed by atoms with Crippen molar-refractivity contribution in [2.75, 3.05) is 18.9 Å². The lowest BCUT2D eigenvalue weighted by molar-refractivity contribution is -0.123. The molecule has 0 bridgehead atoms. The van der Waals surface area contributed by atoms with Gasteiger partial charge in [-0.2, -0.15) is 0 Å². The fraction of sp³-hybridized carbons (Fsp3) is 0.412. The van der Waals surface area contributed by atoms with Crippen molar-refractivity contribution < 1.29 is 14.7 Å². The lowest BCUT2D eigenvalue weighted by atomic mass is 9.90. The molecule has 0 radical (unpaired) electrons. The summed E-state index contributed by atoms with van der Waals surface area (Å²) < 4.78 is 0. The molecule has 1 unspecified atom stereocenters. The first-order valence-electron chi connectivity index (χ1n) is 7.70. The van der Waals surface area contributed by atoms with Gasteiger partial charge in [0.05, 0.1) is 12.0 Å². The number of hydrogen-bond donors (Lipinski definition) is 3. The van der Waals surface area contributed by atoms with Gasteiger partial charge in [-0.15, -0.1) is 0 Å². The first-order chi connectivity index (χ1) is 10.9. The van der Waals surface area contributed by atoms with E-state index in [2.05, 4.69) is 15.5 Å². The van der Waals surface area contributed by atoms with Crippen molar-refractivity contribution in [2.45, 2.75) is 25.9 Å². The third-order valence-electron chi connectivity index (χ3n) is 4.80. The summed E-state index contributed by atoms with van der Waals surface area (Å²) in [6.07, 6.45) is 0. The van der Waals surface area contributed by atoms with Crippen LogP contribution < -0.4 is 10.6 Å². The molecule has 1 aromatic carbocycles. The Morgan fingerprint density at radius 2 is 2.00 bits per heavy atom. The molecule has 6 heteroatoms. The third-order valence-corrected chi connectivity index (χ3v) is 4.80. The Balaban J connectivity index is 1.85. The highest BCUT2D eigenvalue weighted by Crippen LogP contribution is 2.32. The van der Waals surface area contributed by atoms with Crippen LogP contribution in [0.1, 0.15) is 12.5 Å². The molecule has 1 aromatic rings. The van der Waals surface area contributed by atoms with E-state index < -0.39 is 11.8 Å². The van der Waals surface area contributed by atoms with Crippen LogP contribution in [0.25, 0.3) is 0 Å². The zero-order valence-corrected chi connectivity index (χ0v) is 13.5. The van der Waals surface area contributed by atoms with Gasteiger partial charge in [0.1, 0.15) is 11.3 Å². The van der Waals surface area contributed by atoms with Gasteiger partial charge in [-0.05, 0) is 33.0 Å². The summed E-state index contributed by atoms with van der Waals surface area (Å²) in [5.41, 5.74) is 1.48. The molecule has 1 fully saturated rings. The molecule has 2 aliphatic rings. The van der Waals surface area contributed by atoms with Crippen molar-refractivity contribution in [3.05, 3.63) is 41.2 Å². The van der Waals surface area contributed by atoms with Crippen LogP contribution in [0.5, 0.6) is 0 Å². The maximum atomic E-state index is 12.4. The van der Waals surface area contributed by atoms with Gasteiger partial charge >= 0.3 is 0 Å². The molecule has 0 spiro atoms. The van der Waals surface area contributed by atoms with Gasteiger partial charge in [0.15, 0.2) is 0 Å². The second-order valence-electron chi connectivity index (χ2n) is 6.37. The number of hydrogen-bond acceptors (Lipinski definition) is 4. The number of likely N-dealkylation sites (tertiary alicyclic amines) is 1. The number of aliphatic hydroxyl groups is 1. The number of benzene rings is 1. The van der Waals surface area contributed by atoms with Crippen molar-refractivity contribution in [2.24, 2.45) is 5.92 Å². The van der Waals surface area contributed by atoms with E-state index in [0.717, 1.165) is 5.56 Å². The molecule has 2 heterocycles. The first-order valence-corrected chi connectivity index (χ1v) is 7.70. The van der Waals surface area contributed by atoms with Crippen molar-refractivity contribution in [3.63, 3.8) is 0 Å². The molecular weight excluding hydrogens is 294 g/mol. The summed E-state index contributed by atoms with van der Waals surface area (Å²) in [5, 5.41) is 16.0. The zero-order valence-electron chi connectivity index (χ0n) is 13.5. The summed E-state index contributed by atoms with van der Waals surface area (Å²) >= 11 is 0. The van der Waals surface area contributed by atoms with E-state index in [4.69, 9.17) is 0 Å². The second-order valence-corrected chi connectivity index (χ2v) is 6.37. The third kappa shape index (κ3) is 2.70. The van der Waals surface area contributed by atoms with Crippen molar-refractivity contribution in [1.29, 1.82) is 0 Å². The van der Waals surface area contributed by atoms with Crippen molar-refractivity contribution >= 4 is 17.5 Å². The Morgan fingerprint density at radius 3 is 2.65 bits per heavy atom. The SMILES string of the molecule is Cc1ccc(NC(=O)C2=C(O)[C@H]3CN(C)C(C)[C@@H]3NC2=O)cc1. The van der Waals surface area contributed by atoms with Crippen LogP contribution in [-0.4, -0.2) is 47.5 Å². The van der Waals surface area contributed by atoms with Crippen molar-refractivity contribution in [3.8, 4) is 0 Å². The van der Waals surface area contributed by atoms with Gasteiger partial charge < -0.3 is 20.6 Å². The molecule has 2 aliphatic heterocycles. The quantitative estimate of drug-likeness (QED) is 0.716. The molecule has 0 aliphatic carbocycles. The molecule has 3 rings (SSSR count). The Labute approximate surface area is 135 Å². The number of carbonyl (C=O) groups is 2. The van der Waals surface area contributed by atoms with E-state index >= 15 is 0 Å². The molecule has 23 heavy (non-hydrogen) atoms. The predicted molar refractivity (Wildman–Crippen MR) is 87.0 cm³/mol. The lowest BCUT2D eigenvalue weighted by Crippen LogP contribution is -2.51. The maximum absolute atomic E-state index is 12.4. The number of nitrogens with one attached hydrogen (secondary N) is 2. The number of fused-ring (bicyclic) bond motifs is 1. The largest absolute Gasteiger partial charge is 0.511 e. The van der Waals surface area contributed by atoms with Gasteiger partial charge in [-0.1, -0.05) is 17.7 Å². The lowest BCUT2D eigenvalue weighted by Gasteiger charge is -2.29. The van der Waals surface area contributed by atoms with E-state index in [1.165, 1.54) is 0 Å². The summed E-state index contributed by atoms with van der Waals surface area (Å²) in [6, 6.07) is 7.22. The average Bonchev–Trinajstić information content (AvgIpc) is 2.78. The molecule has 6 nitrogen and oxygen atoms in total. The normalized spacial score (nSPS) is 27.6. The number of nitrogens with zero attached hydrogens (tertiary/aromatic N) is 1. The average molecular weight is 315 g/mol. The Hall–Kier alpha value is -2.34. The highest BCUT2D eigenvalue weighted by molar-refractivity contribution is 6.23. The minimum Gasteiger partial charge on any atom is -0.511 e. The summed E-state index contributed by atoms with van der Waals surface area (Å²) in [6.45, 7) is 4.56. The maximum Gasteiger partial charge on any atom is 0.264 e. The zero-order chi connectivity index (χ0) is 16.7. The minimum atomic E-state index is -0.579. The Bertz CT molecular complexity index is 681. The van der Waals surface area contributed by atoms with E-state index in [1.807, 2.05) is 33.0 Å². The van der Waals surface area contributed by atoms with E-state index in [0.29, 0.717) is 12.2 Å². The van der Waals surface area contributed by atoms with E-state index in [1.54, 1.807) is 12.1 Å². The van der Waals surface area contributed by atoms with Crippen LogP contribution in [0.15, 0.2) is 35.6 Å². The minimum absolute atomic E-state index is 0.112. The number of likely N-dealkylation sites (N-methyl/N-ethyl adjacent to an activating group) is 1. The van der Waals surface area contributed by atoms with Gasteiger partial charge in [-0.3, -0.25) is 9.59 Å². The van der Waals surface area contributed by atoms with Crippen LogP contribution in [0.2, 0.25) is 0 Å². The van der Waals surface area contributed by atoms with Gasteiger partial charge in [0.2, 0.25) is 0 Å². The van der Waals surface area contributed by atoms with Crippen LogP contribution >= 0.6 is 0 Å². The standard InChI is InChI=1S/C17H21N3O3/c1-9-4-6-11(7-5-9)18-16(22)13-15(21)12-8-20(3)10(2)14(12)19-17(13)23/h4-7,10,12,14,21H,8H2,1-3H3,(H,18,22)(H,19,23)/t10?,12-,14-/m0/s1. The van der Waals surface area contributed by atoms with Crippen molar-refractivity contribution in [1.82, 2.24) is 10.2 Å². The Morgan fingerprint density at radius 1 is 1.35 bits per heavy atom. The molecule has 0 saturated carbocycles. The van der Waals surface area contributed by atoms with Crippen LogP contribution in [0.3, 0.4) is 0 Å². The van der Waals surface area contributed by atoms with Gasteiger partial charge in [0.25, 0.3) is 11.8 Å². The van der Waals surface area contributed by atoms with E-state index in [-0.39, 0.29) is 29.3 Å². The molecule has 122 valence electrons. The predicted octanol–water partition coefficient (Wildman–Crippen LogP) is 1.19. The summed E-state index contributed by atoms with van der Waals surface area (Å²) in [5.74, 6) is -1.45. The van der Waals surface area contributed by atoms with E-state index in [9.17, 15) is 14.7 Å². The topological polar surface area (TPSA) is 81.7 Å². The number of amides is 2. The summed E-state index contributed by atoms with van der Waals surface area (Å²) in [4.78, 5) is 26.8. The molecule has 0 aromatic heterocycles. The smallest absolute Gasteiger partial charge is 0.264 e. The monoisotopic (exact) mass is 315 g/mol. The number of aryl methyl sites for hydroxylation is 1. The van der Waals surface area contributed by atoms with Gasteiger partial charge in [0, 0.05) is 18.3 Å². The molecule has 2 amide bonds. The van der Waals surface area contributed by atoms with Crippen LogP contribution in [-0.2, 0) is 9.59 Å². The molecular formula is C17H21N3O3. The number of anilines is 1. The fourth-order valence-corrected chi connectivity index (χ4v) is 3.25. The number of carbonyl (C=O) groups excluding carboxylic acids is 2. The molecule has 3 atom stereocenters. The van der Waals surface area contributed by atoms with Crippen LogP contribution in [0.4, 0.5) is 5.69 Å². The van der Waals surface area contributed by atoms with Crippen LogP contribution in [0, 0.1) is 12.8 Å². The van der Waals surface area contributed by atoms with Gasteiger partial charge in [-0.25, -0.2) is 0 Å². The molecule has 3 N–H and O–H groups in total.